The number of hydrogen-bond donors (Lipinski definition) is 2. The number of ether oxygens (including phenoxy) is 1. The number of aryl methyl sites for hydroxylation is 1. The summed E-state index contributed by atoms with van der Waals surface area (Å²) in [4.78, 5) is 11.7. The molecule has 1 aromatic rings. The molecule has 0 bridgehead atoms. The molecule has 6 atom stereocenters. The number of esters is 1. The van der Waals surface area contributed by atoms with Crippen LogP contribution in [0.2, 0.25) is 0 Å². The van der Waals surface area contributed by atoms with Gasteiger partial charge < -0.3 is 14.9 Å². The molecule has 4 nitrogen and oxygen atoms in total. The average Bonchev–Trinajstić information content (AvgIpc) is 2.86. The number of carbonyl (C=O) groups excluding carboxylic acids is 1. The maximum Gasteiger partial charge on any atom is 0.304 e. The Morgan fingerprint density at radius 2 is 2.15 bits per heavy atom. The molecule has 4 heteroatoms. The van der Waals surface area contributed by atoms with Crippen molar-refractivity contribution in [2.45, 2.75) is 63.6 Å². The van der Waals surface area contributed by atoms with Crippen LogP contribution in [0, 0.1) is 29.6 Å². The van der Waals surface area contributed by atoms with Gasteiger partial charge >= 0.3 is 5.97 Å². The number of phenolic OH excluding ortho intramolecular Hbond substituents is 1. The van der Waals surface area contributed by atoms with E-state index in [1.807, 2.05) is 12.1 Å². The molecule has 0 amide bonds. The molecule has 0 aromatic heterocycles. The molecule has 1 aromatic carbocycles. The number of phenols is 1. The molecule has 6 unspecified atom stereocenters. The van der Waals surface area contributed by atoms with Crippen LogP contribution >= 0.6 is 0 Å². The molecule has 0 spiro atoms. The maximum atomic E-state index is 11.7. The van der Waals surface area contributed by atoms with Crippen molar-refractivity contribution in [1.29, 1.82) is 0 Å². The lowest BCUT2D eigenvalue weighted by Crippen LogP contribution is -2.55. The Kier molecular flexibility index (Phi) is 3.86. The number of rotatable bonds is 1. The maximum absolute atomic E-state index is 11.7. The summed E-state index contributed by atoms with van der Waals surface area (Å²) in [7, 11) is 0. The number of aromatic hydroxyl groups is 1. The third-order valence-corrected chi connectivity index (χ3v) is 7.36. The lowest BCUT2D eigenvalue weighted by molar-refractivity contribution is -0.171. The summed E-state index contributed by atoms with van der Waals surface area (Å²) < 4.78 is 5.71. The summed E-state index contributed by atoms with van der Waals surface area (Å²) in [5, 5.41) is 20.9. The van der Waals surface area contributed by atoms with Crippen LogP contribution in [0.15, 0.2) is 18.2 Å². The fraction of sp³-hybridized carbons (Fsp3) is 0.591. The van der Waals surface area contributed by atoms with Gasteiger partial charge in [0.05, 0.1) is 6.10 Å². The molecule has 138 valence electrons. The average molecular weight is 354 g/mol. The topological polar surface area (TPSA) is 66.8 Å². The van der Waals surface area contributed by atoms with Gasteiger partial charge in [-0.3, -0.25) is 4.79 Å². The Balaban J connectivity index is 1.75. The van der Waals surface area contributed by atoms with Gasteiger partial charge in [-0.2, -0.15) is 0 Å². The van der Waals surface area contributed by atoms with Crippen molar-refractivity contribution in [3.63, 3.8) is 0 Å². The molecule has 0 heterocycles. The van der Waals surface area contributed by atoms with Crippen LogP contribution in [-0.4, -0.2) is 27.9 Å². The standard InChI is InChI=1S/C22H26O4/c1-4-22(26-13(2)23)10-9-18-17-7-5-14-11-15(24)6-8-16(14)20(17)19(25)12-21(18,22)3/h1,6,8,11,17-20,24-25H,5,7,9-10,12H2,2-3H3. The first-order valence-corrected chi connectivity index (χ1v) is 9.48. The van der Waals surface area contributed by atoms with Crippen LogP contribution < -0.4 is 0 Å². The second kappa shape index (κ2) is 5.76. The molecule has 0 radical (unpaired) electrons. The second-order valence-corrected chi connectivity index (χ2v) is 8.51. The van der Waals surface area contributed by atoms with Gasteiger partial charge in [0.1, 0.15) is 5.75 Å². The molecule has 3 aliphatic carbocycles. The number of aliphatic hydroxyl groups is 1. The third-order valence-electron chi connectivity index (χ3n) is 7.36. The highest BCUT2D eigenvalue weighted by molar-refractivity contribution is 5.67. The molecular formula is C22H26O4. The fourth-order valence-corrected chi connectivity index (χ4v) is 6.32. The van der Waals surface area contributed by atoms with Gasteiger partial charge in [-0.25, -0.2) is 0 Å². The van der Waals surface area contributed by atoms with Crippen molar-refractivity contribution < 1.29 is 19.7 Å². The summed E-state index contributed by atoms with van der Waals surface area (Å²) in [5.74, 6) is 3.41. The highest BCUT2D eigenvalue weighted by atomic mass is 16.6. The van der Waals surface area contributed by atoms with E-state index in [0.717, 1.165) is 30.4 Å². The van der Waals surface area contributed by atoms with Crippen molar-refractivity contribution in [3.8, 4) is 18.1 Å². The summed E-state index contributed by atoms with van der Waals surface area (Å²) in [5.41, 5.74) is 0.946. The predicted molar refractivity (Wildman–Crippen MR) is 97.4 cm³/mol. The molecule has 4 rings (SSSR count). The van der Waals surface area contributed by atoms with E-state index in [-0.39, 0.29) is 17.6 Å². The second-order valence-electron chi connectivity index (χ2n) is 8.51. The molecule has 0 aliphatic heterocycles. The van der Waals surface area contributed by atoms with E-state index < -0.39 is 17.1 Å². The van der Waals surface area contributed by atoms with Gasteiger partial charge in [0.15, 0.2) is 5.60 Å². The van der Waals surface area contributed by atoms with E-state index in [4.69, 9.17) is 11.2 Å². The zero-order chi connectivity index (χ0) is 18.7. The van der Waals surface area contributed by atoms with Crippen LogP contribution in [0.3, 0.4) is 0 Å². The minimum atomic E-state index is -0.926. The van der Waals surface area contributed by atoms with Crippen LogP contribution in [-0.2, 0) is 16.0 Å². The van der Waals surface area contributed by atoms with E-state index >= 15 is 0 Å². The van der Waals surface area contributed by atoms with Gasteiger partial charge in [-0.1, -0.05) is 18.9 Å². The minimum absolute atomic E-state index is 0.0586. The minimum Gasteiger partial charge on any atom is -0.508 e. The summed E-state index contributed by atoms with van der Waals surface area (Å²) >= 11 is 0. The molecule has 2 fully saturated rings. The van der Waals surface area contributed by atoms with E-state index in [1.54, 1.807) is 6.07 Å². The van der Waals surface area contributed by atoms with Crippen molar-refractivity contribution in [1.82, 2.24) is 0 Å². The molecule has 2 N–H and O–H groups in total. The third kappa shape index (κ3) is 2.23. The number of carbonyl (C=O) groups is 1. The monoisotopic (exact) mass is 354 g/mol. The van der Waals surface area contributed by atoms with Crippen molar-refractivity contribution in [2.75, 3.05) is 0 Å². The summed E-state index contributed by atoms with van der Waals surface area (Å²) in [6.45, 7) is 3.50. The summed E-state index contributed by atoms with van der Waals surface area (Å²) in [6.07, 6.45) is 9.28. The zero-order valence-electron chi connectivity index (χ0n) is 15.4. The fourth-order valence-electron chi connectivity index (χ4n) is 6.32. The van der Waals surface area contributed by atoms with Gasteiger partial charge in [0, 0.05) is 18.3 Å². The molecule has 26 heavy (non-hydrogen) atoms. The lowest BCUT2D eigenvalue weighted by atomic mass is 9.52. The quantitative estimate of drug-likeness (QED) is 0.601. The number of benzene rings is 1. The van der Waals surface area contributed by atoms with Crippen LogP contribution in [0.5, 0.6) is 5.75 Å². The Hall–Kier alpha value is -1.99. The molecule has 0 saturated heterocycles. The van der Waals surface area contributed by atoms with Crippen LogP contribution in [0.4, 0.5) is 0 Å². The highest BCUT2D eigenvalue weighted by Crippen LogP contribution is 2.65. The Bertz CT molecular complexity index is 794. The van der Waals surface area contributed by atoms with E-state index in [2.05, 4.69) is 12.8 Å². The van der Waals surface area contributed by atoms with Crippen LogP contribution in [0.1, 0.15) is 56.6 Å². The lowest BCUT2D eigenvalue weighted by Gasteiger charge is -2.54. The van der Waals surface area contributed by atoms with Gasteiger partial charge in [0.25, 0.3) is 0 Å². The van der Waals surface area contributed by atoms with Crippen molar-refractivity contribution in [2.24, 2.45) is 17.3 Å². The van der Waals surface area contributed by atoms with Gasteiger partial charge in [-0.05, 0) is 67.2 Å². The number of fused-ring (bicyclic) bond motifs is 5. The zero-order valence-corrected chi connectivity index (χ0v) is 15.4. The largest absolute Gasteiger partial charge is 0.508 e. The van der Waals surface area contributed by atoms with Crippen molar-refractivity contribution >= 4 is 5.97 Å². The van der Waals surface area contributed by atoms with E-state index in [9.17, 15) is 15.0 Å². The normalized spacial score (nSPS) is 40.7. The first-order chi connectivity index (χ1) is 12.3. The number of terminal acetylenes is 1. The van der Waals surface area contributed by atoms with Crippen molar-refractivity contribution in [3.05, 3.63) is 29.3 Å². The van der Waals surface area contributed by atoms with E-state index in [0.29, 0.717) is 24.7 Å². The Morgan fingerprint density at radius 3 is 2.85 bits per heavy atom. The number of hydrogen-bond acceptors (Lipinski definition) is 4. The van der Waals surface area contributed by atoms with Crippen LogP contribution in [0.25, 0.3) is 0 Å². The summed E-state index contributed by atoms with van der Waals surface area (Å²) in [6, 6.07) is 5.50. The Labute approximate surface area is 154 Å². The van der Waals surface area contributed by atoms with Gasteiger partial charge in [-0.15, -0.1) is 6.42 Å². The highest BCUT2D eigenvalue weighted by Gasteiger charge is 2.65. The first kappa shape index (κ1) is 17.4. The Morgan fingerprint density at radius 1 is 1.38 bits per heavy atom. The van der Waals surface area contributed by atoms with Gasteiger partial charge in [0.2, 0.25) is 0 Å². The smallest absolute Gasteiger partial charge is 0.304 e. The molecule has 3 aliphatic rings. The predicted octanol–water partition coefficient (Wildman–Crippen LogP) is 3.15. The SMILES string of the molecule is C#CC1(OC(C)=O)CCC2C3CCc4cc(O)ccc4C3C(O)CC21C. The first-order valence-electron chi connectivity index (χ1n) is 9.48. The van der Waals surface area contributed by atoms with E-state index in [1.165, 1.54) is 6.92 Å². The number of aliphatic hydroxyl groups excluding tert-OH is 1. The molecule has 2 saturated carbocycles. The molecular weight excluding hydrogens is 328 g/mol.